The molecule has 3 N–H and O–H groups in total. The van der Waals surface area contributed by atoms with E-state index in [2.05, 4.69) is 15.5 Å². The van der Waals surface area contributed by atoms with Crippen LogP contribution in [0.25, 0.3) is 0 Å². The molecule has 0 saturated heterocycles. The number of nitrogen functional groups attached to an aromatic ring is 1. The number of amides is 1. The van der Waals surface area contributed by atoms with Crippen molar-refractivity contribution in [1.29, 1.82) is 0 Å². The summed E-state index contributed by atoms with van der Waals surface area (Å²) in [6, 6.07) is 0. The lowest BCUT2D eigenvalue weighted by Crippen LogP contribution is -2.26. The lowest BCUT2D eigenvalue weighted by Gasteiger charge is -2.03. The molecule has 1 amide bonds. The van der Waals surface area contributed by atoms with E-state index < -0.39 is 0 Å². The van der Waals surface area contributed by atoms with Crippen LogP contribution in [0.1, 0.15) is 24.8 Å². The summed E-state index contributed by atoms with van der Waals surface area (Å²) >= 11 is 1.29. The van der Waals surface area contributed by atoms with E-state index in [9.17, 15) is 9.59 Å². The van der Waals surface area contributed by atoms with E-state index in [1.165, 1.54) is 11.3 Å². The Morgan fingerprint density at radius 3 is 2.78 bits per heavy atom. The zero-order valence-corrected chi connectivity index (χ0v) is 11.0. The summed E-state index contributed by atoms with van der Waals surface area (Å²) in [7, 11) is 0. The molecule has 0 aliphatic heterocycles. The van der Waals surface area contributed by atoms with Crippen molar-refractivity contribution >= 4 is 28.3 Å². The van der Waals surface area contributed by atoms with Crippen LogP contribution in [0.5, 0.6) is 0 Å². The zero-order chi connectivity index (χ0) is 13.4. The van der Waals surface area contributed by atoms with Gasteiger partial charge in [-0.05, 0) is 6.92 Å². The van der Waals surface area contributed by atoms with Crippen LogP contribution < -0.4 is 11.1 Å². The summed E-state index contributed by atoms with van der Waals surface area (Å²) in [5.74, 6) is -0.537. The minimum absolute atomic E-state index is 0.103. The molecule has 100 valence electrons. The Morgan fingerprint density at radius 2 is 2.17 bits per heavy atom. The number of esters is 1. The molecule has 0 bridgehead atoms. The van der Waals surface area contributed by atoms with E-state index >= 15 is 0 Å². The molecular weight excluding hydrogens is 256 g/mol. The van der Waals surface area contributed by atoms with Crippen molar-refractivity contribution in [3.05, 3.63) is 5.01 Å². The second-order valence-electron chi connectivity index (χ2n) is 3.44. The van der Waals surface area contributed by atoms with Crippen LogP contribution in [0.15, 0.2) is 0 Å². The molecular formula is C10H16N4O3S. The van der Waals surface area contributed by atoms with Crippen LogP contribution in [-0.2, 0) is 20.7 Å². The Labute approximate surface area is 109 Å². The second-order valence-corrected chi connectivity index (χ2v) is 4.53. The third-order valence-electron chi connectivity index (χ3n) is 2.01. The maximum Gasteiger partial charge on any atom is 0.306 e. The number of hydrogen-bond donors (Lipinski definition) is 2. The number of nitrogens with one attached hydrogen (secondary N) is 1. The smallest absolute Gasteiger partial charge is 0.306 e. The first-order valence-electron chi connectivity index (χ1n) is 5.62. The Bertz CT molecular complexity index is 408. The average molecular weight is 272 g/mol. The summed E-state index contributed by atoms with van der Waals surface area (Å²) in [6.07, 6.45) is 0.822. The lowest BCUT2D eigenvalue weighted by atomic mass is 10.3. The predicted molar refractivity (Wildman–Crippen MR) is 66.9 cm³/mol. The number of aromatic nitrogens is 2. The fourth-order valence-electron chi connectivity index (χ4n) is 1.21. The number of ether oxygens (including phenoxy) is 1. The van der Waals surface area contributed by atoms with Gasteiger partial charge in [0.05, 0.1) is 13.0 Å². The number of nitrogens with two attached hydrogens (primary N) is 1. The van der Waals surface area contributed by atoms with Crippen LogP contribution in [0.4, 0.5) is 5.13 Å². The van der Waals surface area contributed by atoms with Crippen molar-refractivity contribution in [3.63, 3.8) is 0 Å². The molecule has 1 heterocycles. The molecule has 0 radical (unpaired) electrons. The SMILES string of the molecule is CCOC(=O)CCC(=O)NCCc1nnc(N)s1. The van der Waals surface area contributed by atoms with E-state index in [4.69, 9.17) is 10.5 Å². The molecule has 0 aliphatic carbocycles. The summed E-state index contributed by atoms with van der Waals surface area (Å²) in [6.45, 7) is 2.51. The minimum Gasteiger partial charge on any atom is -0.466 e. The summed E-state index contributed by atoms with van der Waals surface area (Å²) in [5, 5.41) is 11.4. The van der Waals surface area contributed by atoms with Gasteiger partial charge in [-0.1, -0.05) is 11.3 Å². The molecule has 0 aliphatic rings. The highest BCUT2D eigenvalue weighted by atomic mass is 32.1. The number of rotatable bonds is 7. The standard InChI is InChI=1S/C10H16N4O3S/c1-2-17-9(16)4-3-7(15)12-6-5-8-13-14-10(11)18-8/h2-6H2,1H3,(H2,11,14)(H,12,15). The normalized spacial score (nSPS) is 10.1. The second kappa shape index (κ2) is 7.59. The van der Waals surface area contributed by atoms with Crippen LogP contribution in [0.3, 0.4) is 0 Å². The molecule has 1 aromatic rings. The molecule has 7 nitrogen and oxygen atoms in total. The van der Waals surface area contributed by atoms with Crippen molar-refractivity contribution < 1.29 is 14.3 Å². The predicted octanol–water partition coefficient (Wildman–Crippen LogP) is 0.122. The van der Waals surface area contributed by atoms with Crippen molar-refractivity contribution in [2.24, 2.45) is 0 Å². The highest BCUT2D eigenvalue weighted by Gasteiger charge is 2.07. The fourth-order valence-corrected chi connectivity index (χ4v) is 1.82. The van der Waals surface area contributed by atoms with Crippen LogP contribution >= 0.6 is 11.3 Å². The van der Waals surface area contributed by atoms with Gasteiger partial charge in [-0.2, -0.15) is 0 Å². The van der Waals surface area contributed by atoms with E-state index in [0.29, 0.717) is 24.7 Å². The molecule has 8 heteroatoms. The average Bonchev–Trinajstić information content (AvgIpc) is 2.73. The number of carbonyl (C=O) groups excluding carboxylic acids is 2. The van der Waals surface area contributed by atoms with Gasteiger partial charge in [0.2, 0.25) is 11.0 Å². The Kier molecular flexibility index (Phi) is 6.06. The number of anilines is 1. The van der Waals surface area contributed by atoms with Crippen molar-refractivity contribution in [2.45, 2.75) is 26.2 Å². The third kappa shape index (κ3) is 5.58. The highest BCUT2D eigenvalue weighted by molar-refractivity contribution is 7.15. The number of nitrogens with zero attached hydrogens (tertiary/aromatic N) is 2. The molecule has 0 aromatic carbocycles. The molecule has 0 saturated carbocycles. The Hall–Kier alpha value is -1.70. The van der Waals surface area contributed by atoms with Gasteiger partial charge >= 0.3 is 5.97 Å². The van der Waals surface area contributed by atoms with Gasteiger partial charge in [0.15, 0.2) is 0 Å². The summed E-state index contributed by atoms with van der Waals surface area (Å²) in [4.78, 5) is 22.4. The molecule has 0 unspecified atom stereocenters. The highest BCUT2D eigenvalue weighted by Crippen LogP contribution is 2.10. The Balaban J connectivity index is 2.12. The van der Waals surface area contributed by atoms with Crippen LogP contribution in [-0.4, -0.2) is 35.2 Å². The van der Waals surface area contributed by atoms with Gasteiger partial charge < -0.3 is 15.8 Å². The van der Waals surface area contributed by atoms with Gasteiger partial charge in [-0.15, -0.1) is 10.2 Å². The monoisotopic (exact) mass is 272 g/mol. The first-order chi connectivity index (χ1) is 8.61. The molecule has 0 spiro atoms. The Morgan fingerprint density at radius 1 is 1.39 bits per heavy atom. The zero-order valence-electron chi connectivity index (χ0n) is 10.1. The van der Waals surface area contributed by atoms with Gasteiger partial charge in [0, 0.05) is 19.4 Å². The first-order valence-corrected chi connectivity index (χ1v) is 6.43. The van der Waals surface area contributed by atoms with Gasteiger partial charge in [-0.25, -0.2) is 0 Å². The summed E-state index contributed by atoms with van der Waals surface area (Å²) < 4.78 is 4.72. The summed E-state index contributed by atoms with van der Waals surface area (Å²) in [5.41, 5.74) is 5.43. The third-order valence-corrected chi connectivity index (χ3v) is 2.82. The van der Waals surface area contributed by atoms with Gasteiger partial charge in [0.25, 0.3) is 0 Å². The van der Waals surface area contributed by atoms with Crippen LogP contribution in [0.2, 0.25) is 0 Å². The quantitative estimate of drug-likeness (QED) is 0.683. The lowest BCUT2D eigenvalue weighted by molar-refractivity contribution is -0.144. The van der Waals surface area contributed by atoms with Gasteiger partial charge in [-0.3, -0.25) is 9.59 Å². The molecule has 1 rings (SSSR count). The van der Waals surface area contributed by atoms with E-state index in [1.807, 2.05) is 0 Å². The largest absolute Gasteiger partial charge is 0.466 e. The molecule has 1 aromatic heterocycles. The minimum atomic E-state index is -0.357. The van der Waals surface area contributed by atoms with E-state index in [1.54, 1.807) is 6.92 Å². The maximum atomic E-state index is 11.4. The molecule has 0 atom stereocenters. The van der Waals surface area contributed by atoms with E-state index in [0.717, 1.165) is 5.01 Å². The van der Waals surface area contributed by atoms with Gasteiger partial charge in [0.1, 0.15) is 5.01 Å². The topological polar surface area (TPSA) is 107 Å². The van der Waals surface area contributed by atoms with E-state index in [-0.39, 0.29) is 24.7 Å². The van der Waals surface area contributed by atoms with Crippen LogP contribution in [0, 0.1) is 0 Å². The van der Waals surface area contributed by atoms with Crippen molar-refractivity contribution in [2.75, 3.05) is 18.9 Å². The van der Waals surface area contributed by atoms with Crippen molar-refractivity contribution in [1.82, 2.24) is 15.5 Å². The molecule has 18 heavy (non-hydrogen) atoms. The number of carbonyl (C=O) groups is 2. The molecule has 0 fully saturated rings. The fraction of sp³-hybridized carbons (Fsp3) is 0.600. The van der Waals surface area contributed by atoms with Crippen molar-refractivity contribution in [3.8, 4) is 0 Å². The number of hydrogen-bond acceptors (Lipinski definition) is 7. The maximum absolute atomic E-state index is 11.4. The first kappa shape index (κ1) is 14.4.